The first kappa shape index (κ1) is 14.4. The van der Waals surface area contributed by atoms with Gasteiger partial charge in [0.1, 0.15) is 5.69 Å². The molecule has 0 aromatic heterocycles. The van der Waals surface area contributed by atoms with E-state index in [0.29, 0.717) is 0 Å². The van der Waals surface area contributed by atoms with E-state index in [0.717, 1.165) is 18.2 Å². The highest BCUT2D eigenvalue weighted by Gasteiger charge is 2.18. The number of nitrogens with one attached hydrogen (secondary N) is 1. The molecule has 0 aliphatic heterocycles. The number of benzene rings is 1. The second kappa shape index (κ2) is 5.80. The van der Waals surface area contributed by atoms with E-state index in [1.807, 2.05) is 0 Å². The molecule has 0 saturated carbocycles. The lowest BCUT2D eigenvalue weighted by Gasteiger charge is -2.14. The largest absolute Gasteiger partial charge is 0.478 e. The summed E-state index contributed by atoms with van der Waals surface area (Å²) in [5.41, 5.74) is 4.71. The van der Waals surface area contributed by atoms with Gasteiger partial charge in [-0.05, 0) is 19.1 Å². The number of rotatable bonds is 6. The first-order valence-electron chi connectivity index (χ1n) is 5.38. The van der Waals surface area contributed by atoms with E-state index >= 15 is 0 Å². The standard InChI is InChI=1S/C11H13N3O5/c1-6(4-10(12)15)13-8-5-7(11(16)17)2-3-9(8)14(18)19/h2-3,5-6,13H,4H2,1H3,(H2,12,15)(H,16,17). The topological polar surface area (TPSA) is 136 Å². The Morgan fingerprint density at radius 1 is 1.53 bits per heavy atom. The molecule has 1 aromatic carbocycles. The fourth-order valence-electron chi connectivity index (χ4n) is 1.56. The van der Waals surface area contributed by atoms with Crippen LogP contribution in [-0.4, -0.2) is 27.9 Å². The fourth-order valence-corrected chi connectivity index (χ4v) is 1.56. The van der Waals surface area contributed by atoms with Gasteiger partial charge >= 0.3 is 5.97 Å². The Labute approximate surface area is 108 Å². The monoisotopic (exact) mass is 267 g/mol. The Morgan fingerprint density at radius 2 is 2.16 bits per heavy atom. The minimum atomic E-state index is -1.19. The molecule has 0 radical (unpaired) electrons. The quantitative estimate of drug-likeness (QED) is 0.519. The summed E-state index contributed by atoms with van der Waals surface area (Å²) >= 11 is 0. The van der Waals surface area contributed by atoms with Gasteiger partial charge in [-0.3, -0.25) is 14.9 Å². The highest BCUT2D eigenvalue weighted by molar-refractivity contribution is 5.90. The molecule has 0 bridgehead atoms. The summed E-state index contributed by atoms with van der Waals surface area (Å²) in [5.74, 6) is -1.75. The van der Waals surface area contributed by atoms with Crippen LogP contribution in [0.1, 0.15) is 23.7 Å². The van der Waals surface area contributed by atoms with Gasteiger partial charge in [-0.25, -0.2) is 4.79 Å². The first-order valence-corrected chi connectivity index (χ1v) is 5.38. The number of carboxylic acid groups (broad SMARTS) is 1. The molecule has 0 aliphatic rings. The predicted molar refractivity (Wildman–Crippen MR) is 67.0 cm³/mol. The highest BCUT2D eigenvalue weighted by Crippen LogP contribution is 2.26. The van der Waals surface area contributed by atoms with Gasteiger partial charge in [-0.2, -0.15) is 0 Å². The molecular weight excluding hydrogens is 254 g/mol. The number of anilines is 1. The zero-order valence-corrected chi connectivity index (χ0v) is 10.1. The maximum atomic E-state index is 10.8. The van der Waals surface area contributed by atoms with Crippen molar-refractivity contribution in [2.24, 2.45) is 5.73 Å². The van der Waals surface area contributed by atoms with Gasteiger partial charge in [-0.15, -0.1) is 0 Å². The molecule has 1 amide bonds. The molecule has 19 heavy (non-hydrogen) atoms. The van der Waals surface area contributed by atoms with Gasteiger partial charge in [0.05, 0.1) is 10.5 Å². The number of nitro benzene ring substituents is 1. The zero-order valence-electron chi connectivity index (χ0n) is 10.1. The molecule has 1 atom stereocenters. The average molecular weight is 267 g/mol. The second-order valence-electron chi connectivity index (χ2n) is 4.01. The highest BCUT2D eigenvalue weighted by atomic mass is 16.6. The fraction of sp³-hybridized carbons (Fsp3) is 0.273. The van der Waals surface area contributed by atoms with Gasteiger partial charge in [0.2, 0.25) is 5.91 Å². The first-order chi connectivity index (χ1) is 8.81. The van der Waals surface area contributed by atoms with E-state index < -0.39 is 22.8 Å². The number of amides is 1. The van der Waals surface area contributed by atoms with Crippen LogP contribution in [0.3, 0.4) is 0 Å². The summed E-state index contributed by atoms with van der Waals surface area (Å²) in [4.78, 5) is 31.8. The van der Waals surface area contributed by atoms with Gasteiger partial charge < -0.3 is 16.2 Å². The van der Waals surface area contributed by atoms with Crippen molar-refractivity contribution in [2.75, 3.05) is 5.32 Å². The second-order valence-corrected chi connectivity index (χ2v) is 4.01. The summed E-state index contributed by atoms with van der Waals surface area (Å²) in [5, 5.41) is 22.4. The molecule has 1 aromatic rings. The number of nitrogens with two attached hydrogens (primary N) is 1. The van der Waals surface area contributed by atoms with E-state index in [2.05, 4.69) is 5.32 Å². The Hall–Kier alpha value is -2.64. The lowest BCUT2D eigenvalue weighted by atomic mass is 10.1. The summed E-state index contributed by atoms with van der Waals surface area (Å²) in [7, 11) is 0. The Bertz CT molecular complexity index is 529. The molecule has 0 spiro atoms. The predicted octanol–water partition coefficient (Wildman–Crippen LogP) is 0.969. The minimum absolute atomic E-state index is 0.0194. The molecule has 0 heterocycles. The summed E-state index contributed by atoms with van der Waals surface area (Å²) < 4.78 is 0. The van der Waals surface area contributed by atoms with Crippen LogP contribution in [-0.2, 0) is 4.79 Å². The third-order valence-electron chi connectivity index (χ3n) is 2.35. The minimum Gasteiger partial charge on any atom is -0.478 e. The zero-order chi connectivity index (χ0) is 14.6. The SMILES string of the molecule is CC(CC(N)=O)Nc1cc(C(=O)O)ccc1[N+](=O)[O-]. The van der Waals surface area contributed by atoms with Crippen LogP contribution >= 0.6 is 0 Å². The molecule has 8 heteroatoms. The lowest BCUT2D eigenvalue weighted by molar-refractivity contribution is -0.384. The number of nitro groups is 1. The molecule has 8 nitrogen and oxygen atoms in total. The smallest absolute Gasteiger partial charge is 0.335 e. The van der Waals surface area contributed by atoms with Crippen molar-refractivity contribution in [3.05, 3.63) is 33.9 Å². The van der Waals surface area contributed by atoms with Crippen molar-refractivity contribution < 1.29 is 19.6 Å². The van der Waals surface area contributed by atoms with Crippen molar-refractivity contribution in [2.45, 2.75) is 19.4 Å². The van der Waals surface area contributed by atoms with Crippen molar-refractivity contribution in [3.63, 3.8) is 0 Å². The number of carbonyl (C=O) groups excluding carboxylic acids is 1. The molecule has 0 fully saturated rings. The maximum Gasteiger partial charge on any atom is 0.335 e. The van der Waals surface area contributed by atoms with Crippen LogP contribution in [0.15, 0.2) is 18.2 Å². The van der Waals surface area contributed by atoms with E-state index in [9.17, 15) is 19.7 Å². The van der Waals surface area contributed by atoms with Crippen molar-refractivity contribution >= 4 is 23.3 Å². The van der Waals surface area contributed by atoms with Gasteiger partial charge in [-0.1, -0.05) is 0 Å². The molecular formula is C11H13N3O5. The maximum absolute atomic E-state index is 10.8. The Balaban J connectivity index is 3.07. The van der Waals surface area contributed by atoms with Gasteiger partial charge in [0.15, 0.2) is 0 Å². The number of carbonyl (C=O) groups is 2. The number of nitrogens with zero attached hydrogens (tertiary/aromatic N) is 1. The Kier molecular flexibility index (Phi) is 4.41. The van der Waals surface area contributed by atoms with Crippen molar-refractivity contribution in [1.82, 2.24) is 0 Å². The van der Waals surface area contributed by atoms with Crippen LogP contribution in [0.2, 0.25) is 0 Å². The van der Waals surface area contributed by atoms with Crippen LogP contribution in [0.25, 0.3) is 0 Å². The van der Waals surface area contributed by atoms with E-state index in [-0.39, 0.29) is 23.4 Å². The third-order valence-corrected chi connectivity index (χ3v) is 2.35. The lowest BCUT2D eigenvalue weighted by Crippen LogP contribution is -2.24. The van der Waals surface area contributed by atoms with Gasteiger partial charge in [0.25, 0.3) is 5.69 Å². The Morgan fingerprint density at radius 3 is 2.63 bits per heavy atom. The van der Waals surface area contributed by atoms with Crippen LogP contribution < -0.4 is 11.1 Å². The third kappa shape index (κ3) is 3.95. The normalized spacial score (nSPS) is 11.6. The van der Waals surface area contributed by atoms with E-state index in [1.165, 1.54) is 0 Å². The summed E-state index contributed by atoms with van der Waals surface area (Å²) in [6, 6.07) is 2.95. The van der Waals surface area contributed by atoms with Gasteiger partial charge in [0, 0.05) is 18.5 Å². The van der Waals surface area contributed by atoms with E-state index in [4.69, 9.17) is 10.8 Å². The molecule has 4 N–H and O–H groups in total. The summed E-state index contributed by atoms with van der Waals surface area (Å²) in [6.07, 6.45) is -0.0194. The molecule has 1 rings (SSSR count). The number of aromatic carboxylic acids is 1. The molecule has 0 aliphatic carbocycles. The van der Waals surface area contributed by atoms with Crippen LogP contribution in [0, 0.1) is 10.1 Å². The number of carboxylic acids is 1. The van der Waals surface area contributed by atoms with Crippen LogP contribution in [0.5, 0.6) is 0 Å². The number of hydrogen-bond donors (Lipinski definition) is 3. The molecule has 0 saturated heterocycles. The van der Waals surface area contributed by atoms with Crippen molar-refractivity contribution in [1.29, 1.82) is 0 Å². The van der Waals surface area contributed by atoms with E-state index in [1.54, 1.807) is 6.92 Å². The average Bonchev–Trinajstić information content (AvgIpc) is 2.26. The molecule has 102 valence electrons. The summed E-state index contributed by atoms with van der Waals surface area (Å²) in [6.45, 7) is 1.61. The molecule has 1 unspecified atom stereocenters. The number of hydrogen-bond acceptors (Lipinski definition) is 5. The number of primary amides is 1. The van der Waals surface area contributed by atoms with Crippen molar-refractivity contribution in [3.8, 4) is 0 Å². The van der Waals surface area contributed by atoms with Crippen LogP contribution in [0.4, 0.5) is 11.4 Å².